The molecule has 1 aromatic carbocycles. The van der Waals surface area contributed by atoms with Gasteiger partial charge in [0.2, 0.25) is 0 Å². The van der Waals surface area contributed by atoms with E-state index >= 15 is 0 Å². The Labute approximate surface area is 123 Å². The first kappa shape index (κ1) is 15.0. The molecule has 0 aliphatic carbocycles. The monoisotopic (exact) mass is 310 g/mol. The summed E-state index contributed by atoms with van der Waals surface area (Å²) in [5, 5.41) is 6.30. The van der Waals surface area contributed by atoms with Crippen molar-refractivity contribution in [2.24, 2.45) is 0 Å². The third-order valence-electron chi connectivity index (χ3n) is 3.02. The number of benzene rings is 1. The van der Waals surface area contributed by atoms with Crippen LogP contribution in [-0.4, -0.2) is 19.2 Å². The van der Waals surface area contributed by atoms with E-state index in [4.69, 9.17) is 0 Å². The van der Waals surface area contributed by atoms with Crippen molar-refractivity contribution in [2.75, 3.05) is 11.1 Å². The van der Waals surface area contributed by atoms with Gasteiger partial charge in [0, 0.05) is 17.3 Å². The number of nitrogens with zero attached hydrogens (tertiary/aromatic N) is 1. The Morgan fingerprint density at radius 2 is 1.90 bits per heavy atom. The fraction of sp³-hybridized carbons (Fsp3) is 0.357. The van der Waals surface area contributed by atoms with Crippen molar-refractivity contribution in [3.05, 3.63) is 40.8 Å². The van der Waals surface area contributed by atoms with Crippen molar-refractivity contribution in [1.29, 1.82) is 0 Å². The summed E-state index contributed by atoms with van der Waals surface area (Å²) in [4.78, 5) is 4.67. The molecule has 0 saturated heterocycles. The molecule has 0 saturated carbocycles. The van der Waals surface area contributed by atoms with Crippen LogP contribution in [0, 0.1) is 0 Å². The second-order valence-corrected chi connectivity index (χ2v) is 8.19. The number of sulfone groups is 1. The van der Waals surface area contributed by atoms with Crippen molar-refractivity contribution in [3.63, 3.8) is 0 Å². The average molecular weight is 310 g/mol. The molecule has 2 aromatic rings. The molecule has 1 heterocycles. The molecule has 0 bridgehead atoms. The fourth-order valence-electron chi connectivity index (χ4n) is 1.86. The van der Waals surface area contributed by atoms with Crippen LogP contribution < -0.4 is 5.32 Å². The summed E-state index contributed by atoms with van der Waals surface area (Å²) in [6.07, 6.45) is 1.78. The molecular weight excluding hydrogens is 292 g/mol. The van der Waals surface area contributed by atoms with Crippen LogP contribution in [0.2, 0.25) is 0 Å². The number of hydrogen-bond donors (Lipinski definition) is 1. The molecule has 0 fully saturated rings. The maximum atomic E-state index is 11.8. The lowest BCUT2D eigenvalue weighted by Gasteiger charge is -2.25. The van der Waals surface area contributed by atoms with E-state index in [1.54, 1.807) is 48.7 Å². The molecule has 1 aromatic heterocycles. The largest absolute Gasteiger partial charge is 0.374 e. The third kappa shape index (κ3) is 3.19. The smallest absolute Gasteiger partial charge is 0.178 e. The van der Waals surface area contributed by atoms with Crippen molar-refractivity contribution < 1.29 is 8.42 Å². The van der Waals surface area contributed by atoms with Gasteiger partial charge < -0.3 is 5.32 Å². The van der Waals surface area contributed by atoms with E-state index in [0.717, 1.165) is 10.7 Å². The van der Waals surface area contributed by atoms with Gasteiger partial charge in [-0.25, -0.2) is 13.4 Å². The van der Waals surface area contributed by atoms with Crippen LogP contribution in [0.25, 0.3) is 0 Å². The predicted octanol–water partition coefficient (Wildman–Crippen LogP) is 3.28. The zero-order valence-corrected chi connectivity index (χ0v) is 13.4. The van der Waals surface area contributed by atoms with Gasteiger partial charge in [-0.1, -0.05) is 6.92 Å². The highest BCUT2D eigenvalue weighted by Gasteiger charge is 2.23. The maximum Gasteiger partial charge on any atom is 0.178 e. The number of anilines is 1. The lowest BCUT2D eigenvalue weighted by molar-refractivity contribution is 0.597. The molecule has 0 spiro atoms. The standard InChI is InChI=1S/C14H18N2O2S2/c1-4-20(17,18)12-7-5-11(6-8-12)16-14(2,3)13-15-9-10-19-13/h5-10,16H,4H2,1-3H3. The predicted molar refractivity (Wildman–Crippen MR) is 82.9 cm³/mol. The Morgan fingerprint density at radius 3 is 2.40 bits per heavy atom. The number of hydrogen-bond acceptors (Lipinski definition) is 5. The highest BCUT2D eigenvalue weighted by atomic mass is 32.2. The van der Waals surface area contributed by atoms with Gasteiger partial charge in [0.1, 0.15) is 5.01 Å². The minimum absolute atomic E-state index is 0.115. The third-order valence-corrected chi connectivity index (χ3v) is 5.86. The molecule has 0 unspecified atom stereocenters. The van der Waals surface area contributed by atoms with Crippen LogP contribution in [0.1, 0.15) is 25.8 Å². The molecule has 0 aliphatic rings. The van der Waals surface area contributed by atoms with Gasteiger partial charge in [-0.3, -0.25) is 0 Å². The number of aromatic nitrogens is 1. The maximum absolute atomic E-state index is 11.8. The summed E-state index contributed by atoms with van der Waals surface area (Å²) >= 11 is 1.59. The van der Waals surface area contributed by atoms with E-state index in [2.05, 4.69) is 10.3 Å². The van der Waals surface area contributed by atoms with Crippen LogP contribution in [-0.2, 0) is 15.4 Å². The Hall–Kier alpha value is -1.40. The molecule has 0 radical (unpaired) electrons. The van der Waals surface area contributed by atoms with Crippen molar-refractivity contribution in [1.82, 2.24) is 4.98 Å². The molecule has 20 heavy (non-hydrogen) atoms. The molecule has 2 rings (SSSR count). The first-order valence-corrected chi connectivity index (χ1v) is 8.89. The van der Waals surface area contributed by atoms with E-state index in [-0.39, 0.29) is 11.3 Å². The van der Waals surface area contributed by atoms with E-state index in [9.17, 15) is 8.42 Å². The number of thiazole rings is 1. The number of nitrogens with one attached hydrogen (secondary N) is 1. The molecule has 0 aliphatic heterocycles. The second kappa shape index (κ2) is 5.54. The van der Waals surface area contributed by atoms with Gasteiger partial charge >= 0.3 is 0 Å². The zero-order chi connectivity index (χ0) is 14.8. The van der Waals surface area contributed by atoms with E-state index in [1.165, 1.54) is 0 Å². The SMILES string of the molecule is CCS(=O)(=O)c1ccc(NC(C)(C)c2nccs2)cc1. The summed E-state index contributed by atoms with van der Waals surface area (Å²) in [6.45, 7) is 5.73. The van der Waals surface area contributed by atoms with Crippen LogP contribution in [0.3, 0.4) is 0 Å². The van der Waals surface area contributed by atoms with E-state index in [0.29, 0.717) is 4.90 Å². The van der Waals surface area contributed by atoms with Gasteiger partial charge in [0.25, 0.3) is 0 Å². The van der Waals surface area contributed by atoms with Crippen molar-refractivity contribution >= 4 is 26.9 Å². The lowest BCUT2D eigenvalue weighted by atomic mass is 10.1. The topological polar surface area (TPSA) is 59.1 Å². The Bertz CT molecular complexity index is 660. The second-order valence-electron chi connectivity index (χ2n) is 5.02. The molecule has 108 valence electrons. The molecular formula is C14H18N2O2S2. The van der Waals surface area contributed by atoms with Gasteiger partial charge in [0.15, 0.2) is 9.84 Å². The van der Waals surface area contributed by atoms with Gasteiger partial charge in [-0.05, 0) is 38.1 Å². The minimum Gasteiger partial charge on any atom is -0.374 e. The molecule has 1 N–H and O–H groups in total. The van der Waals surface area contributed by atoms with Crippen LogP contribution >= 0.6 is 11.3 Å². The molecule has 6 heteroatoms. The lowest BCUT2D eigenvalue weighted by Crippen LogP contribution is -2.27. The van der Waals surface area contributed by atoms with E-state index in [1.807, 2.05) is 19.2 Å². The first-order chi connectivity index (χ1) is 9.35. The fourth-order valence-corrected chi connectivity index (χ4v) is 3.46. The van der Waals surface area contributed by atoms with Gasteiger partial charge in [-0.15, -0.1) is 11.3 Å². The Kier molecular flexibility index (Phi) is 4.15. The first-order valence-electron chi connectivity index (χ1n) is 6.36. The summed E-state index contributed by atoms with van der Waals surface area (Å²) < 4.78 is 23.5. The van der Waals surface area contributed by atoms with Crippen LogP contribution in [0.15, 0.2) is 40.7 Å². The van der Waals surface area contributed by atoms with Crippen LogP contribution in [0.4, 0.5) is 5.69 Å². The Morgan fingerprint density at radius 1 is 1.25 bits per heavy atom. The van der Waals surface area contributed by atoms with Gasteiger partial charge in [0.05, 0.1) is 16.2 Å². The van der Waals surface area contributed by atoms with E-state index < -0.39 is 9.84 Å². The van der Waals surface area contributed by atoms with Crippen molar-refractivity contribution in [3.8, 4) is 0 Å². The van der Waals surface area contributed by atoms with Crippen molar-refractivity contribution in [2.45, 2.75) is 31.2 Å². The normalized spacial score (nSPS) is 12.3. The highest BCUT2D eigenvalue weighted by Crippen LogP contribution is 2.27. The minimum atomic E-state index is -3.14. The Balaban J connectivity index is 2.20. The van der Waals surface area contributed by atoms with Crippen LogP contribution in [0.5, 0.6) is 0 Å². The molecule has 0 atom stereocenters. The molecule has 4 nitrogen and oxygen atoms in total. The quantitative estimate of drug-likeness (QED) is 0.920. The molecule has 0 amide bonds. The zero-order valence-electron chi connectivity index (χ0n) is 11.8. The average Bonchev–Trinajstić information content (AvgIpc) is 2.93. The summed E-state index contributed by atoms with van der Waals surface area (Å²) in [7, 11) is -3.14. The highest BCUT2D eigenvalue weighted by molar-refractivity contribution is 7.91. The van der Waals surface area contributed by atoms with Gasteiger partial charge in [-0.2, -0.15) is 0 Å². The summed E-state index contributed by atoms with van der Waals surface area (Å²) in [5.41, 5.74) is 0.583. The summed E-state index contributed by atoms with van der Waals surface area (Å²) in [6, 6.07) is 6.86. The summed E-state index contributed by atoms with van der Waals surface area (Å²) in [5.74, 6) is 0.115. The number of rotatable bonds is 5.